The first kappa shape index (κ1) is 20.3. The molecule has 0 aliphatic carbocycles. The molecule has 2 aromatic rings. The fourth-order valence-corrected chi connectivity index (χ4v) is 3.94. The van der Waals surface area contributed by atoms with Gasteiger partial charge in [0.2, 0.25) is 5.91 Å². The van der Waals surface area contributed by atoms with Crippen LogP contribution < -0.4 is 10.0 Å². The predicted molar refractivity (Wildman–Crippen MR) is 94.2 cm³/mol. The molecule has 142 valence electrons. The highest BCUT2D eigenvalue weighted by Gasteiger charge is 2.41. The highest BCUT2D eigenvalue weighted by molar-refractivity contribution is 7.87. The van der Waals surface area contributed by atoms with Gasteiger partial charge < -0.3 is 9.84 Å². The molecule has 2 unspecified atom stereocenters. The summed E-state index contributed by atoms with van der Waals surface area (Å²) >= 11 is 5.69. The number of rotatable bonds is 3. The molecule has 11 heteroatoms. The lowest BCUT2D eigenvalue weighted by Gasteiger charge is -2.35. The fraction of sp³-hybridized carbons (Fsp3) is 0.333. The maximum Gasteiger partial charge on any atom is 0.280 e. The van der Waals surface area contributed by atoms with Gasteiger partial charge in [-0.15, -0.1) is 0 Å². The van der Waals surface area contributed by atoms with Gasteiger partial charge in [0.25, 0.3) is 10.2 Å². The van der Waals surface area contributed by atoms with Gasteiger partial charge in [-0.25, -0.2) is 4.39 Å². The third-order valence-corrected chi connectivity index (χ3v) is 5.76. The second kappa shape index (κ2) is 7.70. The van der Waals surface area contributed by atoms with Gasteiger partial charge in [0.1, 0.15) is 23.8 Å². The number of halogens is 2. The molecule has 2 atom stereocenters. The van der Waals surface area contributed by atoms with E-state index >= 15 is 0 Å². The Bertz CT molecular complexity index is 891. The van der Waals surface area contributed by atoms with Crippen LogP contribution in [0.15, 0.2) is 35.1 Å². The number of hydrogen-bond donors (Lipinski definition) is 2. The molecule has 8 nitrogen and oxygen atoms in total. The minimum atomic E-state index is -3.88. The zero-order valence-corrected chi connectivity index (χ0v) is 14.5. The Morgan fingerprint density at radius 2 is 2.19 bits per heavy atom. The van der Waals surface area contributed by atoms with Crippen LogP contribution in [-0.2, 0) is 15.0 Å². The molecule has 1 aromatic heterocycles. The van der Waals surface area contributed by atoms with Crippen molar-refractivity contribution in [2.75, 3.05) is 12.4 Å². The Hall–Kier alpha value is -2.01. The lowest BCUT2D eigenvalue weighted by Crippen LogP contribution is -2.56. The van der Waals surface area contributed by atoms with Crippen molar-refractivity contribution in [3.05, 3.63) is 47.1 Å². The highest BCUT2D eigenvalue weighted by Crippen LogP contribution is 2.28. The quantitative estimate of drug-likeness (QED) is 0.816. The molecule has 26 heavy (non-hydrogen) atoms. The van der Waals surface area contributed by atoms with Crippen LogP contribution in [0.25, 0.3) is 0 Å². The number of anilines is 1. The van der Waals surface area contributed by atoms with Crippen molar-refractivity contribution in [1.29, 1.82) is 0 Å². The number of carbonyl (C=O) groups excluding carboxylic acids is 1. The SMILES string of the molecule is C.CN1C(C(=O)Nc2ccc(F)c(Cl)c2)CC(c2ccon2)NS1(=O)=O. The van der Waals surface area contributed by atoms with Crippen LogP contribution in [0.4, 0.5) is 10.1 Å². The van der Waals surface area contributed by atoms with E-state index in [4.69, 9.17) is 16.1 Å². The molecule has 0 spiro atoms. The number of hydrogen-bond acceptors (Lipinski definition) is 5. The summed E-state index contributed by atoms with van der Waals surface area (Å²) < 4.78 is 45.8. The van der Waals surface area contributed by atoms with Crippen molar-refractivity contribution in [2.45, 2.75) is 25.9 Å². The zero-order chi connectivity index (χ0) is 18.2. The van der Waals surface area contributed by atoms with Gasteiger partial charge in [0.05, 0.1) is 11.1 Å². The third-order valence-electron chi connectivity index (χ3n) is 3.87. The minimum Gasteiger partial charge on any atom is -0.364 e. The summed E-state index contributed by atoms with van der Waals surface area (Å²) in [5.74, 6) is -1.18. The second-order valence-electron chi connectivity index (χ2n) is 5.49. The Balaban J connectivity index is 0.00000243. The van der Waals surface area contributed by atoms with Crippen LogP contribution in [-0.4, -0.2) is 36.9 Å². The molecular weight excluding hydrogens is 387 g/mol. The summed E-state index contributed by atoms with van der Waals surface area (Å²) in [5.41, 5.74) is 0.637. The molecule has 1 amide bonds. The average Bonchev–Trinajstić information content (AvgIpc) is 3.07. The molecule has 3 rings (SSSR count). The summed E-state index contributed by atoms with van der Waals surface area (Å²) in [6.07, 6.45) is 1.46. The van der Waals surface area contributed by atoms with E-state index in [0.29, 0.717) is 5.69 Å². The lowest BCUT2D eigenvalue weighted by molar-refractivity contribution is -0.120. The van der Waals surface area contributed by atoms with E-state index in [1.807, 2.05) is 0 Å². The van der Waals surface area contributed by atoms with Crippen LogP contribution in [0.5, 0.6) is 0 Å². The summed E-state index contributed by atoms with van der Waals surface area (Å²) in [7, 11) is -2.59. The van der Waals surface area contributed by atoms with Crippen molar-refractivity contribution in [1.82, 2.24) is 14.2 Å². The van der Waals surface area contributed by atoms with Crippen molar-refractivity contribution in [2.24, 2.45) is 0 Å². The van der Waals surface area contributed by atoms with E-state index in [2.05, 4.69) is 15.2 Å². The van der Waals surface area contributed by atoms with E-state index in [-0.39, 0.29) is 24.6 Å². The van der Waals surface area contributed by atoms with Crippen LogP contribution in [0.1, 0.15) is 25.6 Å². The van der Waals surface area contributed by atoms with Crippen LogP contribution in [0.2, 0.25) is 5.02 Å². The number of nitrogens with one attached hydrogen (secondary N) is 2. The van der Waals surface area contributed by atoms with Gasteiger partial charge >= 0.3 is 0 Å². The van der Waals surface area contributed by atoms with Crippen molar-refractivity contribution in [3.8, 4) is 0 Å². The molecule has 1 aliphatic heterocycles. The first-order chi connectivity index (χ1) is 11.8. The topological polar surface area (TPSA) is 105 Å². The number of nitrogens with zero attached hydrogens (tertiary/aromatic N) is 2. The van der Waals surface area contributed by atoms with Crippen LogP contribution in [0.3, 0.4) is 0 Å². The first-order valence-electron chi connectivity index (χ1n) is 7.19. The second-order valence-corrected chi connectivity index (χ2v) is 7.65. The molecule has 0 bridgehead atoms. The molecule has 0 radical (unpaired) electrons. The smallest absolute Gasteiger partial charge is 0.280 e. The molecule has 2 heterocycles. The fourth-order valence-electron chi connectivity index (χ4n) is 2.50. The Morgan fingerprint density at radius 3 is 2.81 bits per heavy atom. The Morgan fingerprint density at radius 1 is 1.46 bits per heavy atom. The normalized spacial score (nSPS) is 22.4. The maximum absolute atomic E-state index is 13.2. The molecule has 1 aromatic carbocycles. The molecular formula is C15H18ClFN4O4S. The number of likely N-dealkylation sites (N-methyl/N-ethyl adjacent to an activating group) is 1. The summed E-state index contributed by atoms with van der Waals surface area (Å²) in [4.78, 5) is 12.6. The molecule has 2 N–H and O–H groups in total. The van der Waals surface area contributed by atoms with E-state index < -0.39 is 34.0 Å². The average molecular weight is 405 g/mol. The van der Waals surface area contributed by atoms with Gasteiger partial charge in [0.15, 0.2) is 0 Å². The minimum absolute atomic E-state index is 0. The van der Waals surface area contributed by atoms with E-state index in [1.165, 1.54) is 31.5 Å². The maximum atomic E-state index is 13.2. The van der Waals surface area contributed by atoms with Crippen LogP contribution in [0, 0.1) is 5.82 Å². The summed E-state index contributed by atoms with van der Waals surface area (Å²) in [5, 5.41) is 6.12. The zero-order valence-electron chi connectivity index (χ0n) is 12.9. The Labute approximate surface area is 155 Å². The standard InChI is InChI=1S/C14H14ClFN4O4S.CH4/c1-20-13(14(21)17-8-2-3-10(16)9(15)6-8)7-12(19-25(20,22)23)11-4-5-24-18-11;/h2-6,12-13,19H,7H2,1H3,(H,17,21);1H4. The van der Waals surface area contributed by atoms with Crippen molar-refractivity contribution >= 4 is 33.4 Å². The van der Waals surface area contributed by atoms with Crippen molar-refractivity contribution < 1.29 is 22.1 Å². The highest BCUT2D eigenvalue weighted by atomic mass is 35.5. The first-order valence-corrected chi connectivity index (χ1v) is 9.01. The van der Waals surface area contributed by atoms with Crippen molar-refractivity contribution in [3.63, 3.8) is 0 Å². The van der Waals surface area contributed by atoms with E-state index in [1.54, 1.807) is 0 Å². The van der Waals surface area contributed by atoms with Gasteiger partial charge in [-0.05, 0) is 24.6 Å². The molecule has 1 aliphatic rings. The van der Waals surface area contributed by atoms with Crippen LogP contribution >= 0.6 is 11.6 Å². The van der Waals surface area contributed by atoms with Gasteiger partial charge in [0, 0.05) is 18.8 Å². The third kappa shape index (κ3) is 4.04. The molecule has 0 saturated carbocycles. The van der Waals surface area contributed by atoms with E-state index in [0.717, 1.165) is 10.4 Å². The predicted octanol–water partition coefficient (Wildman–Crippen LogP) is 2.32. The Kier molecular flexibility index (Phi) is 6.02. The number of carbonyl (C=O) groups is 1. The lowest BCUT2D eigenvalue weighted by atomic mass is 10.0. The van der Waals surface area contributed by atoms with E-state index in [9.17, 15) is 17.6 Å². The molecule has 1 saturated heterocycles. The van der Waals surface area contributed by atoms with Gasteiger partial charge in [-0.1, -0.05) is 24.2 Å². The van der Waals surface area contributed by atoms with Gasteiger partial charge in [-0.2, -0.15) is 17.4 Å². The number of amides is 1. The summed E-state index contributed by atoms with van der Waals surface area (Å²) in [6, 6.07) is 3.53. The monoisotopic (exact) mass is 404 g/mol. The summed E-state index contributed by atoms with van der Waals surface area (Å²) in [6.45, 7) is 0. The number of benzene rings is 1. The van der Waals surface area contributed by atoms with Gasteiger partial charge in [-0.3, -0.25) is 4.79 Å². The number of aromatic nitrogens is 1. The largest absolute Gasteiger partial charge is 0.364 e. The molecule has 1 fully saturated rings.